The lowest BCUT2D eigenvalue weighted by Gasteiger charge is -2.08. The van der Waals surface area contributed by atoms with Gasteiger partial charge in [0.05, 0.1) is 12.7 Å². The first-order valence-corrected chi connectivity index (χ1v) is 9.29. The molecule has 0 atom stereocenters. The standard InChI is InChI=1S/C24H21NO5/c1-16-6-8-17(9-7-16)22(26)15-30-24(28)18-10-12-20(13-11-18)25-23(27)19-4-3-5-21(14-19)29-2/h3-14H,15H2,1-2H3,(H,25,27). The maximum Gasteiger partial charge on any atom is 0.338 e. The number of ether oxygens (including phenoxy) is 2. The predicted molar refractivity (Wildman–Crippen MR) is 113 cm³/mol. The minimum atomic E-state index is -0.610. The van der Waals surface area contributed by atoms with Crippen molar-refractivity contribution >= 4 is 23.3 Å². The summed E-state index contributed by atoms with van der Waals surface area (Å²) in [6, 6.07) is 20.1. The molecular formula is C24H21NO5. The Morgan fingerprint density at radius 2 is 1.50 bits per heavy atom. The number of Topliss-reactive ketones (excluding diaryl/α,β-unsaturated/α-hetero) is 1. The molecule has 152 valence electrons. The van der Waals surface area contributed by atoms with Gasteiger partial charge >= 0.3 is 5.97 Å². The molecule has 0 aliphatic carbocycles. The third kappa shape index (κ3) is 5.32. The number of benzene rings is 3. The van der Waals surface area contributed by atoms with E-state index in [4.69, 9.17) is 9.47 Å². The summed E-state index contributed by atoms with van der Waals surface area (Å²) in [7, 11) is 1.53. The average molecular weight is 403 g/mol. The Morgan fingerprint density at radius 1 is 0.833 bits per heavy atom. The zero-order valence-electron chi connectivity index (χ0n) is 16.7. The largest absolute Gasteiger partial charge is 0.497 e. The summed E-state index contributed by atoms with van der Waals surface area (Å²) < 4.78 is 10.2. The van der Waals surface area contributed by atoms with Gasteiger partial charge in [-0.15, -0.1) is 0 Å². The highest BCUT2D eigenvalue weighted by atomic mass is 16.5. The van der Waals surface area contributed by atoms with Crippen LogP contribution in [0.4, 0.5) is 5.69 Å². The molecule has 0 unspecified atom stereocenters. The van der Waals surface area contributed by atoms with Gasteiger partial charge in [-0.3, -0.25) is 9.59 Å². The Labute approximate surface area is 174 Å². The van der Waals surface area contributed by atoms with E-state index in [1.54, 1.807) is 48.5 Å². The summed E-state index contributed by atoms with van der Waals surface area (Å²) in [6.45, 7) is 1.59. The molecule has 1 amide bonds. The van der Waals surface area contributed by atoms with Gasteiger partial charge < -0.3 is 14.8 Å². The molecule has 0 bridgehead atoms. The lowest BCUT2D eigenvalue weighted by Crippen LogP contribution is -2.15. The van der Waals surface area contributed by atoms with Crippen LogP contribution in [0.25, 0.3) is 0 Å². The fourth-order valence-electron chi connectivity index (χ4n) is 2.69. The Hall–Kier alpha value is -3.93. The third-order valence-electron chi connectivity index (χ3n) is 4.42. The first-order valence-electron chi connectivity index (χ1n) is 9.29. The van der Waals surface area contributed by atoms with Crippen LogP contribution in [0.2, 0.25) is 0 Å². The van der Waals surface area contributed by atoms with E-state index >= 15 is 0 Å². The molecule has 3 rings (SSSR count). The predicted octanol–water partition coefficient (Wildman–Crippen LogP) is 4.30. The van der Waals surface area contributed by atoms with Crippen LogP contribution in [0.5, 0.6) is 5.75 Å². The molecule has 6 nitrogen and oxygen atoms in total. The van der Waals surface area contributed by atoms with Crippen molar-refractivity contribution < 1.29 is 23.9 Å². The van der Waals surface area contributed by atoms with Crippen molar-refractivity contribution in [2.24, 2.45) is 0 Å². The quantitative estimate of drug-likeness (QED) is 0.470. The van der Waals surface area contributed by atoms with Crippen LogP contribution >= 0.6 is 0 Å². The summed E-state index contributed by atoms with van der Waals surface area (Å²) in [6.07, 6.45) is 0. The van der Waals surface area contributed by atoms with E-state index < -0.39 is 5.97 Å². The number of carbonyl (C=O) groups is 3. The molecule has 0 heterocycles. The minimum absolute atomic E-state index is 0.273. The number of anilines is 1. The molecule has 0 aliphatic heterocycles. The van der Waals surface area contributed by atoms with E-state index in [1.165, 1.54) is 19.2 Å². The van der Waals surface area contributed by atoms with Crippen molar-refractivity contribution in [1.82, 2.24) is 0 Å². The molecule has 0 radical (unpaired) electrons. The summed E-state index contributed by atoms with van der Waals surface area (Å²) in [5.41, 5.74) is 2.79. The van der Waals surface area contributed by atoms with Gasteiger partial charge in [-0.05, 0) is 49.4 Å². The van der Waals surface area contributed by atoms with Crippen LogP contribution in [0.3, 0.4) is 0 Å². The summed E-state index contributed by atoms with van der Waals surface area (Å²) in [4.78, 5) is 36.6. The van der Waals surface area contributed by atoms with Crippen molar-refractivity contribution in [1.29, 1.82) is 0 Å². The molecule has 0 aromatic heterocycles. The van der Waals surface area contributed by atoms with E-state index in [-0.39, 0.29) is 23.9 Å². The first kappa shape index (κ1) is 20.8. The number of methoxy groups -OCH3 is 1. The highest BCUT2D eigenvalue weighted by Crippen LogP contribution is 2.16. The van der Waals surface area contributed by atoms with Crippen LogP contribution in [0.15, 0.2) is 72.8 Å². The number of ketones is 1. The second-order valence-corrected chi connectivity index (χ2v) is 6.63. The fraction of sp³-hybridized carbons (Fsp3) is 0.125. The molecule has 0 saturated carbocycles. The van der Waals surface area contributed by atoms with Gasteiger partial charge in [0.1, 0.15) is 5.75 Å². The maximum absolute atomic E-state index is 12.3. The van der Waals surface area contributed by atoms with E-state index in [1.807, 2.05) is 19.1 Å². The zero-order valence-corrected chi connectivity index (χ0v) is 16.7. The second-order valence-electron chi connectivity index (χ2n) is 6.63. The Kier molecular flexibility index (Phi) is 6.60. The molecule has 0 spiro atoms. The van der Waals surface area contributed by atoms with E-state index in [2.05, 4.69) is 5.32 Å². The van der Waals surface area contributed by atoms with Gasteiger partial charge in [0, 0.05) is 16.8 Å². The normalized spacial score (nSPS) is 10.2. The van der Waals surface area contributed by atoms with Gasteiger partial charge in [0.25, 0.3) is 5.91 Å². The van der Waals surface area contributed by atoms with Gasteiger partial charge in [0.2, 0.25) is 0 Å². The van der Waals surface area contributed by atoms with Crippen molar-refractivity contribution in [3.8, 4) is 5.75 Å². The molecule has 6 heteroatoms. The van der Waals surface area contributed by atoms with Gasteiger partial charge in [0.15, 0.2) is 12.4 Å². The monoisotopic (exact) mass is 403 g/mol. The minimum Gasteiger partial charge on any atom is -0.497 e. The van der Waals surface area contributed by atoms with Gasteiger partial charge in [-0.1, -0.05) is 35.9 Å². The van der Waals surface area contributed by atoms with E-state index in [9.17, 15) is 14.4 Å². The number of amides is 1. The first-order chi connectivity index (χ1) is 14.5. The van der Waals surface area contributed by atoms with E-state index in [0.717, 1.165) is 5.56 Å². The summed E-state index contributed by atoms with van der Waals surface area (Å²) >= 11 is 0. The molecule has 0 saturated heterocycles. The van der Waals surface area contributed by atoms with Crippen LogP contribution in [-0.4, -0.2) is 31.4 Å². The molecule has 30 heavy (non-hydrogen) atoms. The number of nitrogens with one attached hydrogen (secondary N) is 1. The zero-order chi connectivity index (χ0) is 21.5. The van der Waals surface area contributed by atoms with Gasteiger partial charge in [-0.25, -0.2) is 4.79 Å². The fourth-order valence-corrected chi connectivity index (χ4v) is 2.69. The van der Waals surface area contributed by atoms with Crippen molar-refractivity contribution in [2.45, 2.75) is 6.92 Å². The average Bonchev–Trinajstić information content (AvgIpc) is 2.78. The number of rotatable bonds is 7. The number of hydrogen-bond donors (Lipinski definition) is 1. The molecule has 1 N–H and O–H groups in total. The maximum atomic E-state index is 12.3. The topological polar surface area (TPSA) is 81.7 Å². The lowest BCUT2D eigenvalue weighted by atomic mass is 10.1. The SMILES string of the molecule is COc1cccc(C(=O)Nc2ccc(C(=O)OCC(=O)c3ccc(C)cc3)cc2)c1. The number of carbonyl (C=O) groups excluding carboxylic acids is 3. The van der Waals surface area contributed by atoms with Crippen molar-refractivity contribution in [3.63, 3.8) is 0 Å². The van der Waals surface area contributed by atoms with Crippen LogP contribution in [-0.2, 0) is 4.74 Å². The number of esters is 1. The number of hydrogen-bond acceptors (Lipinski definition) is 5. The summed E-state index contributed by atoms with van der Waals surface area (Å²) in [5, 5.41) is 2.75. The second kappa shape index (κ2) is 9.52. The third-order valence-corrected chi connectivity index (χ3v) is 4.42. The van der Waals surface area contributed by atoms with E-state index in [0.29, 0.717) is 22.6 Å². The molecule has 3 aromatic carbocycles. The molecule has 0 fully saturated rings. The van der Waals surface area contributed by atoms with Crippen molar-refractivity contribution in [3.05, 3.63) is 95.1 Å². The smallest absolute Gasteiger partial charge is 0.338 e. The highest BCUT2D eigenvalue weighted by molar-refractivity contribution is 6.04. The van der Waals surface area contributed by atoms with Crippen molar-refractivity contribution in [2.75, 3.05) is 19.0 Å². The number of aryl methyl sites for hydroxylation is 1. The molecule has 3 aromatic rings. The Balaban J connectivity index is 1.56. The molecule has 0 aliphatic rings. The summed E-state index contributed by atoms with van der Waals surface area (Å²) in [5.74, 6) is -0.597. The lowest BCUT2D eigenvalue weighted by molar-refractivity contribution is 0.0475. The Bertz CT molecular complexity index is 1060. The molecular weight excluding hydrogens is 382 g/mol. The van der Waals surface area contributed by atoms with Gasteiger partial charge in [-0.2, -0.15) is 0 Å². The van der Waals surface area contributed by atoms with Crippen LogP contribution in [0, 0.1) is 6.92 Å². The Morgan fingerprint density at radius 3 is 2.17 bits per heavy atom. The van der Waals surface area contributed by atoms with Crippen LogP contribution < -0.4 is 10.1 Å². The van der Waals surface area contributed by atoms with Crippen LogP contribution in [0.1, 0.15) is 36.6 Å². The highest BCUT2D eigenvalue weighted by Gasteiger charge is 2.13.